The summed E-state index contributed by atoms with van der Waals surface area (Å²) in [6.07, 6.45) is 3.08. The second kappa shape index (κ2) is 4.47. The highest BCUT2D eigenvalue weighted by Gasteiger charge is 2.28. The molecule has 1 fully saturated rings. The van der Waals surface area contributed by atoms with Gasteiger partial charge in [0.2, 0.25) is 5.91 Å². The van der Waals surface area contributed by atoms with Crippen molar-refractivity contribution in [3.05, 3.63) is 48.3 Å². The number of likely N-dealkylation sites (tertiary alicyclic amines) is 1. The lowest BCUT2D eigenvalue weighted by atomic mass is 10.1. The fraction of sp³-hybridized carbons (Fsp3) is 0.308. The van der Waals surface area contributed by atoms with Crippen LogP contribution in [0.25, 0.3) is 0 Å². The van der Waals surface area contributed by atoms with Crippen molar-refractivity contribution in [2.24, 2.45) is 0 Å². The minimum atomic E-state index is -0.259. The first-order valence-corrected chi connectivity index (χ1v) is 5.38. The summed E-state index contributed by atoms with van der Waals surface area (Å²) < 4.78 is 13.4. The molecule has 3 heteroatoms. The summed E-state index contributed by atoms with van der Waals surface area (Å²) in [7, 11) is 0. The van der Waals surface area contributed by atoms with E-state index in [9.17, 15) is 9.18 Å². The van der Waals surface area contributed by atoms with E-state index in [2.05, 4.69) is 6.58 Å². The molecule has 0 N–H and O–H groups in total. The molecule has 0 radical (unpaired) electrons. The third-order valence-electron chi connectivity index (χ3n) is 2.95. The van der Waals surface area contributed by atoms with Crippen LogP contribution < -0.4 is 0 Å². The fourth-order valence-corrected chi connectivity index (χ4v) is 2.02. The molecule has 1 aliphatic heterocycles. The average molecular weight is 219 g/mol. The molecule has 1 aromatic rings. The van der Waals surface area contributed by atoms with Crippen molar-refractivity contribution >= 4 is 5.91 Å². The highest BCUT2D eigenvalue weighted by molar-refractivity contribution is 5.79. The van der Waals surface area contributed by atoms with Crippen molar-refractivity contribution in [3.63, 3.8) is 0 Å². The highest BCUT2D eigenvalue weighted by atomic mass is 19.1. The molecule has 84 valence electrons. The van der Waals surface area contributed by atoms with Gasteiger partial charge in [0.25, 0.3) is 0 Å². The molecule has 2 rings (SSSR count). The van der Waals surface area contributed by atoms with Gasteiger partial charge in [-0.05, 0) is 12.5 Å². The van der Waals surface area contributed by atoms with E-state index < -0.39 is 0 Å². The first-order valence-electron chi connectivity index (χ1n) is 5.38. The summed E-state index contributed by atoms with van der Waals surface area (Å²) in [5.41, 5.74) is 0.560. The third kappa shape index (κ3) is 1.98. The van der Waals surface area contributed by atoms with Crippen LogP contribution in [0.15, 0.2) is 36.9 Å². The van der Waals surface area contributed by atoms with Gasteiger partial charge >= 0.3 is 0 Å². The molecule has 0 saturated carbocycles. The molecule has 0 bridgehead atoms. The number of hydrogen-bond acceptors (Lipinski definition) is 1. The number of benzene rings is 1. The van der Waals surface area contributed by atoms with E-state index in [-0.39, 0.29) is 17.8 Å². The van der Waals surface area contributed by atoms with Crippen LogP contribution in [0.5, 0.6) is 0 Å². The normalized spacial score (nSPS) is 20.2. The molecule has 0 aromatic heterocycles. The van der Waals surface area contributed by atoms with Gasteiger partial charge in [-0.1, -0.05) is 24.3 Å². The number of carbonyl (C=O) groups is 1. The largest absolute Gasteiger partial charge is 0.332 e. The van der Waals surface area contributed by atoms with E-state index in [4.69, 9.17) is 0 Å². The number of carbonyl (C=O) groups excluding carboxylic acids is 1. The summed E-state index contributed by atoms with van der Waals surface area (Å²) >= 11 is 0. The third-order valence-corrected chi connectivity index (χ3v) is 2.95. The fourth-order valence-electron chi connectivity index (χ4n) is 2.02. The lowest BCUT2D eigenvalue weighted by molar-refractivity contribution is -0.129. The Morgan fingerprint density at radius 1 is 1.50 bits per heavy atom. The van der Waals surface area contributed by atoms with Crippen LogP contribution in [0.4, 0.5) is 4.39 Å². The number of rotatable bonds is 3. The average Bonchev–Trinajstić information content (AvgIpc) is 2.63. The zero-order chi connectivity index (χ0) is 11.5. The Labute approximate surface area is 94.4 Å². The monoisotopic (exact) mass is 219 g/mol. The van der Waals surface area contributed by atoms with Crippen LogP contribution in [0.1, 0.15) is 18.4 Å². The molecule has 1 heterocycles. The van der Waals surface area contributed by atoms with Crippen molar-refractivity contribution in [2.75, 3.05) is 0 Å². The Bertz CT molecular complexity index is 416. The molecule has 0 unspecified atom stereocenters. The topological polar surface area (TPSA) is 20.3 Å². The van der Waals surface area contributed by atoms with Crippen molar-refractivity contribution in [2.45, 2.75) is 25.4 Å². The number of nitrogens with zero attached hydrogens (tertiary/aromatic N) is 1. The lowest BCUT2D eigenvalue weighted by Crippen LogP contribution is -2.31. The predicted molar refractivity (Wildman–Crippen MR) is 60.2 cm³/mol. The van der Waals surface area contributed by atoms with Crippen LogP contribution in [-0.4, -0.2) is 16.8 Å². The Morgan fingerprint density at radius 3 is 2.94 bits per heavy atom. The Kier molecular flexibility index (Phi) is 3.04. The predicted octanol–water partition coefficient (Wildman–Crippen LogP) is 2.50. The molecule has 0 aliphatic carbocycles. The summed E-state index contributed by atoms with van der Waals surface area (Å²) in [6, 6.07) is 6.60. The molecule has 1 atom stereocenters. The van der Waals surface area contributed by atoms with Crippen LogP contribution >= 0.6 is 0 Å². The van der Waals surface area contributed by atoms with E-state index in [0.29, 0.717) is 18.5 Å². The Morgan fingerprint density at radius 2 is 2.25 bits per heavy atom. The van der Waals surface area contributed by atoms with Gasteiger partial charge in [0, 0.05) is 18.5 Å². The van der Waals surface area contributed by atoms with Crippen LogP contribution in [0.3, 0.4) is 0 Å². The first kappa shape index (κ1) is 10.9. The van der Waals surface area contributed by atoms with Crippen molar-refractivity contribution < 1.29 is 9.18 Å². The molecule has 1 aliphatic rings. The quantitative estimate of drug-likeness (QED) is 0.715. The smallest absolute Gasteiger partial charge is 0.223 e. The van der Waals surface area contributed by atoms with E-state index in [0.717, 1.165) is 6.42 Å². The zero-order valence-electron chi connectivity index (χ0n) is 9.03. The highest BCUT2D eigenvalue weighted by Crippen LogP contribution is 2.22. The molecular formula is C13H14FNO. The standard InChI is InChI=1S/C13H14FNO/c1-2-11-7-8-13(16)15(11)9-10-5-3-4-6-12(10)14/h2-6,11H,1,7-9H2/t11-/m1/s1. The molecule has 0 spiro atoms. The molecule has 1 amide bonds. The van der Waals surface area contributed by atoms with E-state index in [1.807, 2.05) is 0 Å². The van der Waals surface area contributed by atoms with Gasteiger partial charge in [-0.25, -0.2) is 4.39 Å². The van der Waals surface area contributed by atoms with Gasteiger partial charge in [-0.3, -0.25) is 4.79 Å². The van der Waals surface area contributed by atoms with Crippen molar-refractivity contribution in [3.8, 4) is 0 Å². The maximum atomic E-state index is 13.4. The molecule has 2 nitrogen and oxygen atoms in total. The van der Waals surface area contributed by atoms with Gasteiger partial charge in [-0.15, -0.1) is 6.58 Å². The molecule has 16 heavy (non-hydrogen) atoms. The molecule has 1 saturated heterocycles. The van der Waals surface area contributed by atoms with E-state index in [1.165, 1.54) is 6.07 Å². The Balaban J connectivity index is 2.17. The van der Waals surface area contributed by atoms with Crippen LogP contribution in [0.2, 0.25) is 0 Å². The summed E-state index contributed by atoms with van der Waals surface area (Å²) in [5.74, 6) is -0.182. The van der Waals surface area contributed by atoms with E-state index in [1.54, 1.807) is 29.2 Å². The van der Waals surface area contributed by atoms with Gasteiger partial charge in [0.05, 0.1) is 6.04 Å². The Hall–Kier alpha value is -1.64. The SMILES string of the molecule is C=C[C@@H]1CCC(=O)N1Cc1ccccc1F. The lowest BCUT2D eigenvalue weighted by Gasteiger charge is -2.22. The van der Waals surface area contributed by atoms with Crippen molar-refractivity contribution in [1.82, 2.24) is 4.90 Å². The van der Waals surface area contributed by atoms with Gasteiger partial charge < -0.3 is 4.90 Å². The summed E-state index contributed by atoms with van der Waals surface area (Å²) in [4.78, 5) is 13.3. The van der Waals surface area contributed by atoms with Gasteiger partial charge in [0.15, 0.2) is 0 Å². The molecule has 1 aromatic carbocycles. The second-order valence-corrected chi connectivity index (χ2v) is 3.95. The second-order valence-electron chi connectivity index (χ2n) is 3.95. The van der Waals surface area contributed by atoms with E-state index >= 15 is 0 Å². The van der Waals surface area contributed by atoms with Crippen molar-refractivity contribution in [1.29, 1.82) is 0 Å². The van der Waals surface area contributed by atoms with Crippen LogP contribution in [0, 0.1) is 5.82 Å². The van der Waals surface area contributed by atoms with Gasteiger partial charge in [-0.2, -0.15) is 0 Å². The molecular weight excluding hydrogens is 205 g/mol. The van der Waals surface area contributed by atoms with Crippen LogP contribution in [-0.2, 0) is 11.3 Å². The first-order chi connectivity index (χ1) is 7.72. The maximum absolute atomic E-state index is 13.4. The minimum Gasteiger partial charge on any atom is -0.332 e. The summed E-state index contributed by atoms with van der Waals surface area (Å²) in [5, 5.41) is 0. The number of amides is 1. The summed E-state index contributed by atoms with van der Waals surface area (Å²) in [6.45, 7) is 4.04. The zero-order valence-corrected chi connectivity index (χ0v) is 9.03. The van der Waals surface area contributed by atoms with Gasteiger partial charge in [0.1, 0.15) is 5.82 Å². The minimum absolute atomic E-state index is 0.0482. The number of hydrogen-bond donors (Lipinski definition) is 0. The maximum Gasteiger partial charge on any atom is 0.223 e. The number of halogens is 1.